The van der Waals surface area contributed by atoms with Gasteiger partial charge in [-0.3, -0.25) is 9.67 Å². The highest BCUT2D eigenvalue weighted by atomic mass is 32.1. The predicted molar refractivity (Wildman–Crippen MR) is 62.4 cm³/mol. The zero-order valence-electron chi connectivity index (χ0n) is 8.77. The molecule has 2 aromatic rings. The Morgan fingerprint density at radius 1 is 1.33 bits per heavy atom. The van der Waals surface area contributed by atoms with Crippen LogP contribution in [0.25, 0.3) is 0 Å². The molecule has 1 heterocycles. The fraction of sp³-hybridized carbons (Fsp3) is 0.273. The quantitative estimate of drug-likeness (QED) is 0.788. The van der Waals surface area contributed by atoms with E-state index in [0.717, 1.165) is 5.82 Å². The second kappa shape index (κ2) is 3.98. The Labute approximate surface area is 93.8 Å². The van der Waals surface area contributed by atoms with Crippen molar-refractivity contribution in [3.05, 3.63) is 46.5 Å². The summed E-state index contributed by atoms with van der Waals surface area (Å²) in [5.74, 6) is 0.913. The van der Waals surface area contributed by atoms with Crippen molar-refractivity contribution in [2.75, 3.05) is 0 Å². The number of aromatic amines is 1. The van der Waals surface area contributed by atoms with E-state index in [0.29, 0.717) is 4.77 Å². The van der Waals surface area contributed by atoms with Gasteiger partial charge in [0.15, 0.2) is 4.77 Å². The Balaban J connectivity index is 2.45. The standard InChI is InChI=1S/C11H13N3S/c1-8(10-6-4-3-5-7-10)14-9(2)12-13-11(14)15/h3-8H,1-2H3,(H,13,15)/t8-/m0/s1. The van der Waals surface area contributed by atoms with Gasteiger partial charge in [0.25, 0.3) is 0 Å². The van der Waals surface area contributed by atoms with Crippen molar-refractivity contribution in [1.29, 1.82) is 0 Å². The van der Waals surface area contributed by atoms with E-state index in [1.54, 1.807) is 0 Å². The number of rotatable bonds is 2. The van der Waals surface area contributed by atoms with Gasteiger partial charge in [-0.2, -0.15) is 5.10 Å². The van der Waals surface area contributed by atoms with E-state index in [-0.39, 0.29) is 6.04 Å². The normalized spacial score (nSPS) is 12.7. The maximum absolute atomic E-state index is 5.19. The van der Waals surface area contributed by atoms with Crippen LogP contribution in [-0.2, 0) is 0 Å². The van der Waals surface area contributed by atoms with Gasteiger partial charge in [-0.15, -0.1) is 0 Å². The van der Waals surface area contributed by atoms with Gasteiger partial charge in [-0.05, 0) is 31.6 Å². The van der Waals surface area contributed by atoms with Crippen molar-refractivity contribution in [1.82, 2.24) is 14.8 Å². The summed E-state index contributed by atoms with van der Waals surface area (Å²) in [6.07, 6.45) is 0. The van der Waals surface area contributed by atoms with Crippen LogP contribution in [-0.4, -0.2) is 14.8 Å². The Morgan fingerprint density at radius 2 is 2.00 bits per heavy atom. The summed E-state index contributed by atoms with van der Waals surface area (Å²) in [6, 6.07) is 10.5. The van der Waals surface area contributed by atoms with E-state index in [4.69, 9.17) is 12.2 Å². The molecule has 0 bridgehead atoms. The molecule has 3 nitrogen and oxygen atoms in total. The number of aryl methyl sites for hydroxylation is 1. The highest BCUT2D eigenvalue weighted by molar-refractivity contribution is 7.71. The lowest BCUT2D eigenvalue weighted by Gasteiger charge is -2.14. The van der Waals surface area contributed by atoms with Gasteiger partial charge in [-0.25, -0.2) is 0 Å². The van der Waals surface area contributed by atoms with Crippen LogP contribution < -0.4 is 0 Å². The molecular weight excluding hydrogens is 206 g/mol. The summed E-state index contributed by atoms with van der Waals surface area (Å²) >= 11 is 5.19. The number of hydrogen-bond acceptors (Lipinski definition) is 2. The molecule has 0 saturated heterocycles. The Hall–Kier alpha value is -1.42. The number of benzene rings is 1. The third kappa shape index (κ3) is 1.85. The number of nitrogens with zero attached hydrogens (tertiary/aromatic N) is 2. The van der Waals surface area contributed by atoms with E-state index in [1.807, 2.05) is 29.7 Å². The zero-order valence-corrected chi connectivity index (χ0v) is 9.58. The molecule has 0 fully saturated rings. The van der Waals surface area contributed by atoms with Crippen molar-refractivity contribution in [2.45, 2.75) is 19.9 Å². The summed E-state index contributed by atoms with van der Waals surface area (Å²) < 4.78 is 2.69. The lowest BCUT2D eigenvalue weighted by atomic mass is 10.1. The second-order valence-electron chi connectivity index (χ2n) is 3.53. The van der Waals surface area contributed by atoms with E-state index < -0.39 is 0 Å². The number of hydrogen-bond donors (Lipinski definition) is 1. The summed E-state index contributed by atoms with van der Waals surface area (Å²) in [6.45, 7) is 4.07. The summed E-state index contributed by atoms with van der Waals surface area (Å²) in [5.41, 5.74) is 1.23. The first-order valence-electron chi connectivity index (χ1n) is 4.88. The fourth-order valence-corrected chi connectivity index (χ4v) is 2.06. The first kappa shape index (κ1) is 10.1. The predicted octanol–water partition coefficient (Wildman–Crippen LogP) is 2.86. The Morgan fingerprint density at radius 3 is 2.53 bits per heavy atom. The Bertz CT molecular complexity index is 498. The maximum atomic E-state index is 5.19. The van der Waals surface area contributed by atoms with E-state index in [2.05, 4.69) is 29.3 Å². The highest BCUT2D eigenvalue weighted by Crippen LogP contribution is 2.18. The third-order valence-corrected chi connectivity index (χ3v) is 2.84. The molecule has 1 aromatic heterocycles. The van der Waals surface area contributed by atoms with Crippen LogP contribution in [0, 0.1) is 11.7 Å². The van der Waals surface area contributed by atoms with Crippen molar-refractivity contribution in [3.63, 3.8) is 0 Å². The van der Waals surface area contributed by atoms with Gasteiger partial charge in [-0.1, -0.05) is 30.3 Å². The molecular formula is C11H13N3S. The summed E-state index contributed by atoms with van der Waals surface area (Å²) in [4.78, 5) is 0. The molecule has 0 unspecified atom stereocenters. The molecule has 0 spiro atoms. The highest BCUT2D eigenvalue weighted by Gasteiger charge is 2.10. The van der Waals surface area contributed by atoms with E-state index in [1.165, 1.54) is 5.56 Å². The van der Waals surface area contributed by atoms with Crippen molar-refractivity contribution >= 4 is 12.2 Å². The second-order valence-corrected chi connectivity index (χ2v) is 3.92. The monoisotopic (exact) mass is 219 g/mol. The SMILES string of the molecule is Cc1n[nH]c(=S)n1[C@@H](C)c1ccccc1. The molecule has 2 rings (SSSR count). The minimum atomic E-state index is 0.220. The van der Waals surface area contributed by atoms with E-state index in [9.17, 15) is 0 Å². The molecule has 0 aliphatic carbocycles. The third-order valence-electron chi connectivity index (χ3n) is 2.55. The minimum Gasteiger partial charge on any atom is -0.297 e. The molecule has 0 radical (unpaired) electrons. The van der Waals surface area contributed by atoms with Gasteiger partial charge in [0.1, 0.15) is 5.82 Å². The summed E-state index contributed by atoms with van der Waals surface area (Å²) in [5, 5.41) is 6.91. The van der Waals surface area contributed by atoms with Crippen LogP contribution in [0.1, 0.15) is 24.4 Å². The number of aromatic nitrogens is 3. The fourth-order valence-electron chi connectivity index (χ4n) is 1.72. The zero-order chi connectivity index (χ0) is 10.8. The van der Waals surface area contributed by atoms with Crippen LogP contribution in [0.5, 0.6) is 0 Å². The maximum Gasteiger partial charge on any atom is 0.195 e. The number of H-pyrrole nitrogens is 1. The Kier molecular flexibility index (Phi) is 2.68. The van der Waals surface area contributed by atoms with Crippen LogP contribution >= 0.6 is 12.2 Å². The van der Waals surface area contributed by atoms with Crippen molar-refractivity contribution < 1.29 is 0 Å². The van der Waals surface area contributed by atoms with Crippen LogP contribution in [0.4, 0.5) is 0 Å². The lowest BCUT2D eigenvalue weighted by molar-refractivity contribution is 0.611. The lowest BCUT2D eigenvalue weighted by Crippen LogP contribution is -2.08. The first-order chi connectivity index (χ1) is 7.20. The van der Waals surface area contributed by atoms with Crippen LogP contribution in [0.3, 0.4) is 0 Å². The molecule has 15 heavy (non-hydrogen) atoms. The van der Waals surface area contributed by atoms with E-state index >= 15 is 0 Å². The molecule has 1 aromatic carbocycles. The van der Waals surface area contributed by atoms with Crippen LogP contribution in [0.15, 0.2) is 30.3 Å². The molecule has 0 aliphatic heterocycles. The molecule has 0 saturated carbocycles. The smallest absolute Gasteiger partial charge is 0.195 e. The molecule has 0 amide bonds. The molecule has 78 valence electrons. The molecule has 0 aliphatic rings. The van der Waals surface area contributed by atoms with Gasteiger partial charge in [0.05, 0.1) is 6.04 Å². The molecule has 4 heteroatoms. The van der Waals surface area contributed by atoms with Crippen molar-refractivity contribution in [2.24, 2.45) is 0 Å². The van der Waals surface area contributed by atoms with Gasteiger partial charge in [0.2, 0.25) is 0 Å². The number of nitrogens with one attached hydrogen (secondary N) is 1. The first-order valence-corrected chi connectivity index (χ1v) is 5.29. The van der Waals surface area contributed by atoms with Gasteiger partial charge < -0.3 is 0 Å². The average Bonchev–Trinajstić information content (AvgIpc) is 2.59. The van der Waals surface area contributed by atoms with Crippen molar-refractivity contribution in [3.8, 4) is 0 Å². The van der Waals surface area contributed by atoms with Gasteiger partial charge in [0, 0.05) is 0 Å². The molecule has 1 atom stereocenters. The topological polar surface area (TPSA) is 33.6 Å². The van der Waals surface area contributed by atoms with Gasteiger partial charge >= 0.3 is 0 Å². The average molecular weight is 219 g/mol. The summed E-state index contributed by atoms with van der Waals surface area (Å²) in [7, 11) is 0. The van der Waals surface area contributed by atoms with Crippen LogP contribution in [0.2, 0.25) is 0 Å². The largest absolute Gasteiger partial charge is 0.297 e. The minimum absolute atomic E-state index is 0.220. The molecule has 1 N–H and O–H groups in total.